The maximum atomic E-state index is 11.8. The number of fused-ring (bicyclic) bond motifs is 2. The summed E-state index contributed by atoms with van der Waals surface area (Å²) in [4.78, 5) is 16.2. The summed E-state index contributed by atoms with van der Waals surface area (Å²) in [6.07, 6.45) is 6.74. The Hall–Kier alpha value is -2.36. The zero-order chi connectivity index (χ0) is 17.3. The average molecular weight is 335 g/mol. The summed E-state index contributed by atoms with van der Waals surface area (Å²) in [5.74, 6) is 1.46. The second-order valence-corrected chi connectivity index (χ2v) is 7.24. The second-order valence-electron chi connectivity index (χ2n) is 7.24. The standard InChI is InChI=1S/C21H25N3O/c1-2-22-20(25)16-9-10-19(23-13-16)24-14-17-12-21(17)11-5-7-15-6-3-4-8-18(15)21/h3-4,6,8-10,13,17H,2,5,7,11-12,14H2,1H3,(H,22,25)(H,23,24). The van der Waals surface area contributed by atoms with Crippen LogP contribution in [0, 0.1) is 5.92 Å². The van der Waals surface area contributed by atoms with Crippen molar-refractivity contribution in [3.8, 4) is 0 Å². The van der Waals surface area contributed by atoms with E-state index in [0.717, 1.165) is 12.4 Å². The first-order valence-electron chi connectivity index (χ1n) is 9.29. The van der Waals surface area contributed by atoms with Gasteiger partial charge in [-0.05, 0) is 61.8 Å². The van der Waals surface area contributed by atoms with Crippen molar-refractivity contribution in [1.29, 1.82) is 0 Å². The van der Waals surface area contributed by atoms with Crippen molar-refractivity contribution >= 4 is 11.7 Å². The van der Waals surface area contributed by atoms with Crippen LogP contribution in [-0.2, 0) is 11.8 Å². The first kappa shape index (κ1) is 16.1. The van der Waals surface area contributed by atoms with Gasteiger partial charge in [-0.25, -0.2) is 4.98 Å². The molecule has 130 valence electrons. The van der Waals surface area contributed by atoms with E-state index in [-0.39, 0.29) is 5.91 Å². The molecule has 1 aromatic heterocycles. The summed E-state index contributed by atoms with van der Waals surface area (Å²) in [5.41, 5.74) is 4.12. The van der Waals surface area contributed by atoms with Gasteiger partial charge < -0.3 is 10.6 Å². The highest BCUT2D eigenvalue weighted by Crippen LogP contribution is 2.60. The van der Waals surface area contributed by atoms with Gasteiger partial charge in [0.05, 0.1) is 5.56 Å². The molecule has 1 spiro atoms. The summed E-state index contributed by atoms with van der Waals surface area (Å²) >= 11 is 0. The molecule has 4 nitrogen and oxygen atoms in total. The number of carbonyl (C=O) groups is 1. The summed E-state index contributed by atoms with van der Waals surface area (Å²) in [6, 6.07) is 12.7. The van der Waals surface area contributed by atoms with Crippen LogP contribution in [-0.4, -0.2) is 24.0 Å². The molecule has 0 saturated heterocycles. The molecule has 2 aliphatic carbocycles. The van der Waals surface area contributed by atoms with Crippen LogP contribution in [0.4, 0.5) is 5.82 Å². The third kappa shape index (κ3) is 3.01. The van der Waals surface area contributed by atoms with Gasteiger partial charge in [0.15, 0.2) is 0 Å². The zero-order valence-corrected chi connectivity index (χ0v) is 14.7. The smallest absolute Gasteiger partial charge is 0.252 e. The van der Waals surface area contributed by atoms with Crippen molar-refractivity contribution in [2.45, 2.75) is 38.0 Å². The lowest BCUT2D eigenvalue weighted by Crippen LogP contribution is -2.23. The maximum absolute atomic E-state index is 11.8. The van der Waals surface area contributed by atoms with E-state index in [2.05, 4.69) is 39.9 Å². The molecule has 0 bridgehead atoms. The number of aromatic nitrogens is 1. The van der Waals surface area contributed by atoms with Gasteiger partial charge in [-0.1, -0.05) is 24.3 Å². The Morgan fingerprint density at radius 3 is 2.96 bits per heavy atom. The Morgan fingerprint density at radius 2 is 2.16 bits per heavy atom. The monoisotopic (exact) mass is 335 g/mol. The number of anilines is 1. The SMILES string of the molecule is CCNC(=O)c1ccc(NCC2CC23CCCc2ccccc23)nc1. The van der Waals surface area contributed by atoms with E-state index >= 15 is 0 Å². The molecular weight excluding hydrogens is 310 g/mol. The molecule has 2 N–H and O–H groups in total. The highest BCUT2D eigenvalue weighted by molar-refractivity contribution is 5.93. The fraction of sp³-hybridized carbons (Fsp3) is 0.429. The van der Waals surface area contributed by atoms with Crippen molar-refractivity contribution in [2.24, 2.45) is 5.92 Å². The number of carbonyl (C=O) groups excluding carboxylic acids is 1. The van der Waals surface area contributed by atoms with Crippen LogP contribution in [0.25, 0.3) is 0 Å². The van der Waals surface area contributed by atoms with Crippen molar-refractivity contribution in [3.63, 3.8) is 0 Å². The summed E-state index contributed by atoms with van der Waals surface area (Å²) in [7, 11) is 0. The molecule has 1 amide bonds. The van der Waals surface area contributed by atoms with Gasteiger partial charge in [0.1, 0.15) is 5.82 Å². The summed E-state index contributed by atoms with van der Waals surface area (Å²) < 4.78 is 0. The molecule has 0 radical (unpaired) electrons. The minimum absolute atomic E-state index is 0.0680. The van der Waals surface area contributed by atoms with Gasteiger partial charge in [0.25, 0.3) is 5.91 Å². The highest BCUT2D eigenvalue weighted by Gasteiger charge is 2.55. The van der Waals surface area contributed by atoms with Crippen LogP contribution >= 0.6 is 0 Å². The van der Waals surface area contributed by atoms with E-state index in [1.54, 1.807) is 17.3 Å². The quantitative estimate of drug-likeness (QED) is 0.879. The van der Waals surface area contributed by atoms with Gasteiger partial charge in [0.2, 0.25) is 0 Å². The minimum atomic E-state index is -0.0680. The van der Waals surface area contributed by atoms with Gasteiger partial charge in [0, 0.05) is 24.7 Å². The molecule has 2 aromatic rings. The Balaban J connectivity index is 1.39. The molecule has 25 heavy (non-hydrogen) atoms. The number of pyridine rings is 1. The van der Waals surface area contributed by atoms with E-state index in [1.807, 2.05) is 19.1 Å². The van der Waals surface area contributed by atoms with Crippen molar-refractivity contribution in [1.82, 2.24) is 10.3 Å². The van der Waals surface area contributed by atoms with Gasteiger partial charge in [-0.3, -0.25) is 4.79 Å². The molecule has 1 aromatic carbocycles. The number of benzene rings is 1. The van der Waals surface area contributed by atoms with E-state index < -0.39 is 0 Å². The number of hydrogen-bond acceptors (Lipinski definition) is 3. The van der Waals surface area contributed by atoms with Crippen molar-refractivity contribution in [2.75, 3.05) is 18.4 Å². The lowest BCUT2D eigenvalue weighted by atomic mass is 9.78. The molecule has 1 fully saturated rings. The van der Waals surface area contributed by atoms with Crippen LogP contribution in [0.5, 0.6) is 0 Å². The molecule has 4 heteroatoms. The van der Waals surface area contributed by atoms with E-state index in [4.69, 9.17) is 0 Å². The molecule has 2 unspecified atom stereocenters. The maximum Gasteiger partial charge on any atom is 0.252 e. The first-order valence-corrected chi connectivity index (χ1v) is 9.29. The fourth-order valence-corrected chi connectivity index (χ4v) is 4.36. The predicted molar refractivity (Wildman–Crippen MR) is 99.9 cm³/mol. The van der Waals surface area contributed by atoms with Gasteiger partial charge >= 0.3 is 0 Å². The predicted octanol–water partition coefficient (Wildman–Crippen LogP) is 3.54. The highest BCUT2D eigenvalue weighted by atomic mass is 16.1. The van der Waals surface area contributed by atoms with E-state index in [1.165, 1.54) is 25.7 Å². The third-order valence-electron chi connectivity index (χ3n) is 5.75. The Kier molecular flexibility index (Phi) is 4.20. The average Bonchev–Trinajstić information content (AvgIpc) is 3.34. The lowest BCUT2D eigenvalue weighted by molar-refractivity contribution is 0.0955. The molecular formula is C21H25N3O. The Morgan fingerprint density at radius 1 is 1.28 bits per heavy atom. The lowest BCUT2D eigenvalue weighted by Gasteiger charge is -2.26. The van der Waals surface area contributed by atoms with Crippen LogP contribution in [0.3, 0.4) is 0 Å². The van der Waals surface area contributed by atoms with Crippen LogP contribution in [0.15, 0.2) is 42.6 Å². The topological polar surface area (TPSA) is 54.0 Å². The third-order valence-corrected chi connectivity index (χ3v) is 5.75. The van der Waals surface area contributed by atoms with E-state index in [9.17, 15) is 4.79 Å². The molecule has 1 saturated carbocycles. The van der Waals surface area contributed by atoms with Crippen molar-refractivity contribution in [3.05, 3.63) is 59.3 Å². The summed E-state index contributed by atoms with van der Waals surface area (Å²) in [5, 5.41) is 6.25. The number of rotatable bonds is 5. The van der Waals surface area contributed by atoms with E-state index in [0.29, 0.717) is 23.4 Å². The summed E-state index contributed by atoms with van der Waals surface area (Å²) in [6.45, 7) is 3.49. The number of nitrogens with zero attached hydrogens (tertiary/aromatic N) is 1. The molecule has 2 atom stereocenters. The van der Waals surface area contributed by atoms with Crippen LogP contribution < -0.4 is 10.6 Å². The first-order chi connectivity index (χ1) is 12.2. The largest absolute Gasteiger partial charge is 0.370 e. The minimum Gasteiger partial charge on any atom is -0.370 e. The number of hydrogen-bond donors (Lipinski definition) is 2. The van der Waals surface area contributed by atoms with Crippen molar-refractivity contribution < 1.29 is 4.79 Å². The number of aryl methyl sites for hydroxylation is 1. The normalized spacial score (nSPS) is 23.8. The number of amides is 1. The van der Waals surface area contributed by atoms with Gasteiger partial charge in [-0.2, -0.15) is 0 Å². The second kappa shape index (κ2) is 6.51. The molecule has 1 heterocycles. The molecule has 2 aliphatic rings. The molecule has 0 aliphatic heterocycles. The Bertz CT molecular complexity index is 771. The van der Waals surface area contributed by atoms with Crippen LogP contribution in [0.1, 0.15) is 47.7 Å². The van der Waals surface area contributed by atoms with Crippen LogP contribution in [0.2, 0.25) is 0 Å². The molecule has 4 rings (SSSR count). The number of nitrogens with one attached hydrogen (secondary N) is 2. The Labute approximate surface area is 149 Å². The fourth-order valence-electron chi connectivity index (χ4n) is 4.36. The zero-order valence-electron chi connectivity index (χ0n) is 14.7. The van der Waals surface area contributed by atoms with Gasteiger partial charge in [-0.15, -0.1) is 0 Å².